The molecule has 4 aliphatic carbocycles. The lowest BCUT2D eigenvalue weighted by atomic mass is 9.52. The standard InChI is InChI=1S/C29H48N2O4S/c1-17-12-26-27(31(32)16-17)19(3)29(35-26)11-9-22-23-7-6-20-13-21(30-36(5,33)34)8-10-28(20,4)25(23)14-24(22)18(2)15-29/h17,19-23,25-27,30,32H,6-16H2,1-5H3. The number of fused-ring (bicyclic) bond motifs is 6. The second kappa shape index (κ2) is 8.77. The first-order valence-electron chi connectivity index (χ1n) is 14.7. The second-order valence-electron chi connectivity index (χ2n) is 14.2. The van der Waals surface area contributed by atoms with Crippen LogP contribution < -0.4 is 4.72 Å². The lowest BCUT2D eigenvalue weighted by Crippen LogP contribution is -2.50. The molecule has 0 aromatic carbocycles. The van der Waals surface area contributed by atoms with Crippen molar-refractivity contribution in [1.29, 1.82) is 0 Å². The Kier molecular flexibility index (Phi) is 6.28. The number of hydroxylamine groups is 2. The van der Waals surface area contributed by atoms with E-state index in [1.165, 1.54) is 31.9 Å². The van der Waals surface area contributed by atoms with E-state index in [1.807, 2.05) is 0 Å². The number of hydrogen-bond donors (Lipinski definition) is 2. The van der Waals surface area contributed by atoms with E-state index in [1.54, 1.807) is 16.2 Å². The zero-order valence-corrected chi connectivity index (χ0v) is 23.8. The maximum Gasteiger partial charge on any atom is 0.208 e. The van der Waals surface area contributed by atoms with Crippen molar-refractivity contribution in [3.05, 3.63) is 11.1 Å². The summed E-state index contributed by atoms with van der Waals surface area (Å²) in [6.45, 7) is 10.2. The third kappa shape index (κ3) is 4.06. The van der Waals surface area contributed by atoms with Crippen molar-refractivity contribution < 1.29 is 18.4 Å². The van der Waals surface area contributed by atoms with Gasteiger partial charge in [0.1, 0.15) is 0 Å². The molecule has 6 nitrogen and oxygen atoms in total. The average Bonchev–Trinajstić information content (AvgIpc) is 3.23. The third-order valence-corrected chi connectivity index (χ3v) is 12.9. The van der Waals surface area contributed by atoms with Crippen molar-refractivity contribution in [3.8, 4) is 0 Å². The highest BCUT2D eigenvalue weighted by molar-refractivity contribution is 7.88. The van der Waals surface area contributed by atoms with Gasteiger partial charge in [-0.3, -0.25) is 0 Å². The SMILES string of the molecule is CC1=C2CC3C(CCC4CC(NS(C)(=O)=O)CCC43C)C2CCC2(C1)OC1CC(C)CN(O)C1C2C. The maximum atomic E-state index is 11.9. The highest BCUT2D eigenvalue weighted by atomic mass is 32.2. The summed E-state index contributed by atoms with van der Waals surface area (Å²) in [7, 11) is -3.15. The summed E-state index contributed by atoms with van der Waals surface area (Å²) < 4.78 is 33.6. The number of allylic oxidation sites excluding steroid dienone is 1. The fraction of sp³-hybridized carbons (Fsp3) is 0.931. The molecule has 0 aromatic heterocycles. The summed E-state index contributed by atoms with van der Waals surface area (Å²) in [5, 5.41) is 12.4. The Morgan fingerprint density at radius 1 is 1.11 bits per heavy atom. The largest absolute Gasteiger partial charge is 0.369 e. The predicted molar refractivity (Wildman–Crippen MR) is 141 cm³/mol. The molecule has 2 aliphatic heterocycles. The summed E-state index contributed by atoms with van der Waals surface area (Å²) in [6.07, 6.45) is 12.7. The van der Waals surface area contributed by atoms with Crippen LogP contribution in [0.3, 0.4) is 0 Å². The van der Waals surface area contributed by atoms with E-state index in [2.05, 4.69) is 32.4 Å². The minimum absolute atomic E-state index is 0.112. The minimum atomic E-state index is -3.15. The highest BCUT2D eigenvalue weighted by Gasteiger charge is 2.60. The summed E-state index contributed by atoms with van der Waals surface area (Å²) in [6, 6.07) is 0.246. The Labute approximate surface area is 218 Å². The number of rotatable bonds is 2. The molecular weight excluding hydrogens is 472 g/mol. The van der Waals surface area contributed by atoms with Crippen LogP contribution in [0.4, 0.5) is 0 Å². The molecule has 0 bridgehead atoms. The molecule has 3 saturated carbocycles. The van der Waals surface area contributed by atoms with Crippen molar-refractivity contribution in [3.63, 3.8) is 0 Å². The van der Waals surface area contributed by atoms with Gasteiger partial charge in [-0.15, -0.1) is 0 Å². The van der Waals surface area contributed by atoms with Crippen molar-refractivity contribution in [2.75, 3.05) is 12.8 Å². The first kappa shape index (κ1) is 25.8. The molecular formula is C29H48N2O4S. The van der Waals surface area contributed by atoms with Crippen molar-refractivity contribution in [1.82, 2.24) is 9.79 Å². The van der Waals surface area contributed by atoms with Gasteiger partial charge in [-0.1, -0.05) is 31.9 Å². The fourth-order valence-electron chi connectivity index (χ4n) is 10.4. The summed E-state index contributed by atoms with van der Waals surface area (Å²) >= 11 is 0. The van der Waals surface area contributed by atoms with Crippen LogP contribution in [0.2, 0.25) is 0 Å². The van der Waals surface area contributed by atoms with Crippen molar-refractivity contribution in [2.45, 2.75) is 116 Å². The van der Waals surface area contributed by atoms with Crippen LogP contribution in [0.5, 0.6) is 0 Å². The van der Waals surface area contributed by atoms with E-state index in [9.17, 15) is 13.6 Å². The van der Waals surface area contributed by atoms with Gasteiger partial charge in [0, 0.05) is 18.5 Å². The number of piperidine rings is 1. The van der Waals surface area contributed by atoms with E-state index >= 15 is 0 Å². The molecule has 2 heterocycles. The van der Waals surface area contributed by atoms with Crippen LogP contribution in [-0.4, -0.2) is 55.3 Å². The maximum absolute atomic E-state index is 11.9. The van der Waals surface area contributed by atoms with Crippen LogP contribution in [0.1, 0.15) is 91.9 Å². The van der Waals surface area contributed by atoms with Crippen LogP contribution in [0.25, 0.3) is 0 Å². The summed E-state index contributed by atoms with van der Waals surface area (Å²) in [5.41, 5.74) is 3.51. The molecule has 2 saturated heterocycles. The molecule has 2 N–H and O–H groups in total. The van der Waals surface area contributed by atoms with Crippen LogP contribution in [0.15, 0.2) is 11.1 Å². The van der Waals surface area contributed by atoms with E-state index in [0.29, 0.717) is 29.1 Å². The Balaban J connectivity index is 1.23. The number of sulfonamides is 1. The van der Waals surface area contributed by atoms with Crippen molar-refractivity contribution in [2.24, 2.45) is 40.9 Å². The molecule has 204 valence electrons. The van der Waals surface area contributed by atoms with Gasteiger partial charge in [-0.25, -0.2) is 13.1 Å². The van der Waals surface area contributed by atoms with Gasteiger partial charge >= 0.3 is 0 Å². The minimum Gasteiger partial charge on any atom is -0.369 e. The van der Waals surface area contributed by atoms with E-state index in [4.69, 9.17) is 4.74 Å². The number of nitrogens with zero attached hydrogens (tertiary/aromatic N) is 1. The molecule has 7 heteroatoms. The molecule has 1 spiro atoms. The monoisotopic (exact) mass is 520 g/mol. The zero-order chi connectivity index (χ0) is 25.6. The molecule has 5 fully saturated rings. The van der Waals surface area contributed by atoms with Gasteiger partial charge in [0.25, 0.3) is 0 Å². The lowest BCUT2D eigenvalue weighted by Gasteiger charge is -2.54. The Bertz CT molecular complexity index is 1030. The van der Waals surface area contributed by atoms with Gasteiger partial charge in [0.15, 0.2) is 0 Å². The highest BCUT2D eigenvalue weighted by Crippen LogP contribution is 2.65. The topological polar surface area (TPSA) is 78.9 Å². The molecule has 36 heavy (non-hydrogen) atoms. The van der Waals surface area contributed by atoms with Gasteiger partial charge in [-0.05, 0) is 106 Å². The Morgan fingerprint density at radius 2 is 1.89 bits per heavy atom. The molecule has 0 radical (unpaired) electrons. The van der Waals surface area contributed by atoms with Crippen molar-refractivity contribution >= 4 is 10.0 Å². The summed E-state index contributed by atoms with van der Waals surface area (Å²) in [5.74, 6) is 3.62. The quantitative estimate of drug-likeness (QED) is 0.494. The Morgan fingerprint density at radius 3 is 2.64 bits per heavy atom. The third-order valence-electron chi connectivity index (χ3n) is 12.1. The van der Waals surface area contributed by atoms with Gasteiger partial charge in [0.2, 0.25) is 10.0 Å². The average molecular weight is 521 g/mol. The lowest BCUT2D eigenvalue weighted by molar-refractivity contribution is -0.178. The molecule has 11 unspecified atom stereocenters. The second-order valence-corrected chi connectivity index (χ2v) is 16.0. The number of nitrogens with one attached hydrogen (secondary N) is 1. The predicted octanol–water partition coefficient (Wildman–Crippen LogP) is 5.13. The zero-order valence-electron chi connectivity index (χ0n) is 23.0. The van der Waals surface area contributed by atoms with Crippen LogP contribution >= 0.6 is 0 Å². The van der Waals surface area contributed by atoms with Crippen LogP contribution in [0, 0.1) is 40.9 Å². The molecule has 11 atom stereocenters. The number of hydrogen-bond acceptors (Lipinski definition) is 5. The molecule has 6 aliphatic rings. The van der Waals surface area contributed by atoms with E-state index in [-0.39, 0.29) is 23.8 Å². The van der Waals surface area contributed by atoms with E-state index in [0.717, 1.165) is 56.9 Å². The Hall–Kier alpha value is -0.470. The first-order chi connectivity index (χ1) is 16.9. The molecule has 6 rings (SSSR count). The normalized spacial score (nSPS) is 51.4. The molecule has 0 aromatic rings. The van der Waals surface area contributed by atoms with Gasteiger partial charge in [-0.2, -0.15) is 5.06 Å². The smallest absolute Gasteiger partial charge is 0.208 e. The van der Waals surface area contributed by atoms with Gasteiger partial charge in [0.05, 0.1) is 24.0 Å². The van der Waals surface area contributed by atoms with Crippen LogP contribution in [-0.2, 0) is 14.8 Å². The fourth-order valence-corrected chi connectivity index (χ4v) is 11.3. The summed E-state index contributed by atoms with van der Waals surface area (Å²) in [4.78, 5) is 0. The van der Waals surface area contributed by atoms with E-state index < -0.39 is 10.0 Å². The molecule has 0 amide bonds. The first-order valence-corrected chi connectivity index (χ1v) is 16.6. The van der Waals surface area contributed by atoms with Gasteiger partial charge < -0.3 is 9.94 Å². The number of ether oxygens (including phenoxy) is 1.